The molecule has 0 spiro atoms. The van der Waals surface area contributed by atoms with Crippen molar-refractivity contribution < 1.29 is 95.4 Å². The summed E-state index contributed by atoms with van der Waals surface area (Å²) < 4.78 is 105. The maximum absolute atomic E-state index is 13.3. The van der Waals surface area contributed by atoms with Crippen molar-refractivity contribution in [1.29, 1.82) is 0 Å². The highest BCUT2D eigenvalue weighted by atomic mass is 16.6. The Morgan fingerprint density at radius 2 is 0.565 bits per heavy atom. The van der Waals surface area contributed by atoms with E-state index in [1.807, 2.05) is 78.9 Å². The lowest BCUT2D eigenvalue weighted by molar-refractivity contribution is -0.384. The highest BCUT2D eigenvalue weighted by Crippen LogP contribution is 2.58. The molecule has 0 aliphatic carbocycles. The summed E-state index contributed by atoms with van der Waals surface area (Å²) in [5, 5.41) is 22.8. The highest BCUT2D eigenvalue weighted by molar-refractivity contribution is 5.91. The summed E-state index contributed by atoms with van der Waals surface area (Å²) in [6, 6.07) is 66.8. The smallest absolute Gasteiger partial charge is 0.343 e. The molecule has 12 aliphatic rings. The van der Waals surface area contributed by atoms with Gasteiger partial charge in [-0.2, -0.15) is 0 Å². The molecule has 762 valence electrons. The van der Waals surface area contributed by atoms with Crippen molar-refractivity contribution in [3.05, 3.63) is 322 Å². The molecule has 6 atom stereocenters. The molecule has 0 saturated heterocycles. The van der Waals surface area contributed by atoms with Crippen molar-refractivity contribution in [3.63, 3.8) is 0 Å². The number of nitrogens with zero attached hydrogens (tertiary/aromatic N) is 7. The summed E-state index contributed by atoms with van der Waals surface area (Å²) in [4.78, 5) is 38.2. The predicted molar refractivity (Wildman–Crippen MR) is 560 cm³/mol. The van der Waals surface area contributed by atoms with Crippen LogP contribution in [0, 0.1) is 10.1 Å². The van der Waals surface area contributed by atoms with Gasteiger partial charge >= 0.3 is 5.97 Å². The van der Waals surface area contributed by atoms with Gasteiger partial charge in [-0.3, -0.25) is 39.5 Å². The minimum Gasteiger partial charge on any atom is -0.502 e. The van der Waals surface area contributed by atoms with Gasteiger partial charge in [0.15, 0.2) is 103 Å². The molecule has 28 nitrogen and oxygen atoms in total. The molecule has 28 heteroatoms. The number of carbonyl (C=O) groups excluding carboxylic acids is 1. The van der Waals surface area contributed by atoms with Crippen molar-refractivity contribution >= 4 is 11.7 Å². The monoisotopic (exact) mass is 1990 g/mol. The topological polar surface area (TPSA) is 257 Å². The molecular weight excluding hydrogens is 1860 g/mol. The van der Waals surface area contributed by atoms with Crippen molar-refractivity contribution in [2.75, 3.05) is 153 Å². The number of benzene rings is 13. The van der Waals surface area contributed by atoms with Crippen LogP contribution in [-0.4, -0.2) is 198 Å². The van der Waals surface area contributed by atoms with E-state index in [9.17, 15) is 20.0 Å². The third-order valence-corrected chi connectivity index (χ3v) is 30.7. The second kappa shape index (κ2) is 42.6. The van der Waals surface area contributed by atoms with Gasteiger partial charge in [-0.15, -0.1) is 0 Å². The first-order valence-corrected chi connectivity index (χ1v) is 50.0. The minimum atomic E-state index is -0.666. The van der Waals surface area contributed by atoms with E-state index in [-0.39, 0.29) is 59.0 Å². The zero-order valence-electron chi connectivity index (χ0n) is 86.1. The lowest BCUT2D eigenvalue weighted by Crippen LogP contribution is -2.34. The van der Waals surface area contributed by atoms with Gasteiger partial charge in [-0.05, 0) is 342 Å². The molecule has 13 aromatic rings. The molecule has 147 heavy (non-hydrogen) atoms. The van der Waals surface area contributed by atoms with Crippen LogP contribution in [0.2, 0.25) is 0 Å². The number of esters is 1. The number of hydrogen-bond donors (Lipinski definition) is 1. The number of carbonyl (C=O) groups is 1. The number of nitro groups is 1. The zero-order chi connectivity index (χ0) is 102. The van der Waals surface area contributed by atoms with Gasteiger partial charge in [0.1, 0.15) is 17.2 Å². The number of methoxy groups -OCH3 is 10. The third-order valence-electron chi connectivity index (χ3n) is 30.7. The van der Waals surface area contributed by atoms with Crippen LogP contribution in [0.15, 0.2) is 206 Å². The molecule has 0 aromatic heterocycles. The molecule has 12 aliphatic heterocycles. The van der Waals surface area contributed by atoms with Gasteiger partial charge in [0, 0.05) is 104 Å². The van der Waals surface area contributed by atoms with Crippen LogP contribution in [0.1, 0.15) is 147 Å². The molecule has 12 heterocycles. The molecule has 18 bridgehead atoms. The van der Waals surface area contributed by atoms with Crippen LogP contribution in [-0.2, 0) is 77.0 Å². The Labute approximate surface area is 857 Å². The quantitative estimate of drug-likeness (QED) is 0.0487. The predicted octanol–water partition coefficient (Wildman–Crippen LogP) is 22.3. The first kappa shape index (κ1) is 99.4. The maximum Gasteiger partial charge on any atom is 0.343 e. The van der Waals surface area contributed by atoms with E-state index in [0.717, 1.165) is 165 Å². The molecule has 0 saturated carbocycles. The van der Waals surface area contributed by atoms with E-state index in [4.69, 9.17) is 80.5 Å². The Morgan fingerprint density at radius 3 is 0.891 bits per heavy atom. The maximum atomic E-state index is 13.3. The summed E-state index contributed by atoms with van der Waals surface area (Å²) in [6.07, 6.45) is 9.52. The number of ether oxygens (including phenoxy) is 17. The Balaban J connectivity index is 0.000000135. The number of non-ortho nitro benzene ring substituents is 1. The first-order chi connectivity index (χ1) is 71.4. The second-order valence-electron chi connectivity index (χ2n) is 39.2. The number of hydrogen-bond acceptors (Lipinski definition) is 27. The lowest BCUT2D eigenvalue weighted by atomic mass is 9.87. The SMILES string of the molecule is COc1cc2c3cc1Oc1c(OC)c(OC)cc4c1C(Cc1ccc(OC(=O)c5ccc([N+](=O)[O-])cc5)c(c1)Oc1ccc(cc1)CC3N(C)CC2)N(C)CC4.COc1ccc2cc1Oc1ccc(cc1)CC1c3cc(c(OC)cc3CCN1C)Oc1c(O)c(OC)cc3c1C(C2)N(C)CC3.COc1ccc2cc1Oc1ccc(cc1)CC1c3cc(c(OC)cc3CCN1C)Oc1c(OC)c(OC)cc3c1C(C2)N(C)CC3. The Bertz CT molecular complexity index is 7120. The average Bonchev–Trinajstić information content (AvgIpc) is 0.753. The number of phenols is 1. The van der Waals surface area contributed by atoms with Crippen LogP contribution >= 0.6 is 0 Å². The number of rotatable bonds is 13. The Morgan fingerprint density at radius 1 is 0.293 bits per heavy atom. The number of nitro benzene ring substituents is 1. The van der Waals surface area contributed by atoms with E-state index in [2.05, 4.69) is 169 Å². The van der Waals surface area contributed by atoms with Crippen molar-refractivity contribution in [1.82, 2.24) is 29.4 Å². The fourth-order valence-electron chi connectivity index (χ4n) is 22.4. The van der Waals surface area contributed by atoms with Crippen LogP contribution in [0.5, 0.6) is 138 Å². The zero-order valence-corrected chi connectivity index (χ0v) is 86.1. The number of aromatic hydroxyl groups is 1. The summed E-state index contributed by atoms with van der Waals surface area (Å²) in [5.41, 5.74) is 20.5. The summed E-state index contributed by atoms with van der Waals surface area (Å²) in [5.74, 6) is 12.9. The summed E-state index contributed by atoms with van der Waals surface area (Å²) in [7, 11) is 29.5. The van der Waals surface area contributed by atoms with E-state index in [1.165, 1.54) is 74.3 Å². The van der Waals surface area contributed by atoms with Gasteiger partial charge in [-0.25, -0.2) is 4.79 Å². The Hall–Kier alpha value is -14.9. The van der Waals surface area contributed by atoms with Crippen LogP contribution in [0.4, 0.5) is 5.69 Å². The molecular formula is C119H125N7O21. The van der Waals surface area contributed by atoms with E-state index in [1.54, 1.807) is 77.2 Å². The van der Waals surface area contributed by atoms with Crippen molar-refractivity contribution in [3.8, 4) is 138 Å². The van der Waals surface area contributed by atoms with Gasteiger partial charge in [0.25, 0.3) is 5.69 Å². The van der Waals surface area contributed by atoms with Gasteiger partial charge in [0.2, 0.25) is 17.2 Å². The Kier molecular flexibility index (Phi) is 28.8. The number of phenolic OH excluding ortho intramolecular Hbond substituents is 1. The fourth-order valence-corrected chi connectivity index (χ4v) is 22.4. The van der Waals surface area contributed by atoms with Crippen molar-refractivity contribution in [2.45, 2.75) is 113 Å². The second-order valence-corrected chi connectivity index (χ2v) is 39.2. The average molecular weight is 1990 g/mol. The van der Waals surface area contributed by atoms with Crippen molar-refractivity contribution in [2.24, 2.45) is 0 Å². The fraction of sp³-hybridized carbons (Fsp3) is 0.336. The summed E-state index contributed by atoms with van der Waals surface area (Å²) in [6.45, 7) is 5.34. The third kappa shape index (κ3) is 20.0. The van der Waals surface area contributed by atoms with E-state index >= 15 is 0 Å². The standard InChI is InChI=1S/C44H43N3O9.C38H42N2O6.C37H40N2O6/c1-45-18-16-29-23-37(51-3)39-25-33(29)34(45)20-26-6-13-32(14-7-26)54-38-22-27(8-15-36(38)56-44(48)28-9-11-31(12-10-28)47(49)50)21-35-41-30(17-19-46(35)2)24-40(52-4)42(53-5)43(41)55-39;1-39-15-13-25-20-32(42-4)34-22-28(25)29(39)17-23-7-10-27(11-8-23)45-33-19-24(9-12-31(33)41-3)18-30-36-26(14-16-40(30)2)21-35(43-5)37(44-6)38(36)46-34;1-38-14-12-24-19-31(42-4)33-21-27(24)28(38)16-22-6-9-26(10-7-22)44-32-18-23(8-11-30(32)41-3)17-29-35-25(13-15-39(29)2)20-34(43-5)36(40)37(35)45-33/h6-15,22-25,34-35H,16-21H2,1-5H3;7-12,19-22,29-30H,13-18H2,1-6H3;6-11,18-21,28-29,40H,12-17H2,1-5H3. The first-order valence-electron chi connectivity index (χ1n) is 50.0. The summed E-state index contributed by atoms with van der Waals surface area (Å²) >= 11 is 0. The number of fused-ring (bicyclic) bond motifs is 6. The van der Waals surface area contributed by atoms with E-state index in [0.29, 0.717) is 128 Å². The van der Waals surface area contributed by atoms with Crippen LogP contribution in [0.3, 0.4) is 0 Å². The molecule has 6 unspecified atom stereocenters. The normalized spacial score (nSPS) is 18.7. The van der Waals surface area contributed by atoms with Crippen LogP contribution in [0.25, 0.3) is 0 Å². The van der Waals surface area contributed by atoms with Gasteiger partial charge in [-0.1, -0.05) is 54.6 Å². The molecule has 13 aromatic carbocycles. The van der Waals surface area contributed by atoms with Gasteiger partial charge in [0.05, 0.1) is 81.6 Å². The number of likely N-dealkylation sites (N-methyl/N-ethyl adjacent to an activating group) is 6. The van der Waals surface area contributed by atoms with Crippen LogP contribution < -0.4 is 80.5 Å². The largest absolute Gasteiger partial charge is 0.502 e. The lowest BCUT2D eigenvalue weighted by Gasteiger charge is -2.37. The minimum absolute atomic E-state index is 0.000437. The highest BCUT2D eigenvalue weighted by Gasteiger charge is 2.41. The van der Waals surface area contributed by atoms with E-state index < -0.39 is 10.9 Å². The molecule has 0 amide bonds. The molecule has 0 fully saturated rings. The molecule has 0 radical (unpaired) electrons. The molecule has 1 N–H and O–H groups in total. The molecule has 25 rings (SSSR count). The van der Waals surface area contributed by atoms with Gasteiger partial charge < -0.3 is 85.6 Å².